The van der Waals surface area contributed by atoms with Gasteiger partial charge in [0.2, 0.25) is 0 Å². The summed E-state index contributed by atoms with van der Waals surface area (Å²) < 4.78 is 31.2. The molecule has 2 rings (SSSR count). The van der Waals surface area contributed by atoms with Gasteiger partial charge in [0, 0.05) is 31.6 Å². The number of aryl methyl sites for hydroxylation is 1. The molecule has 0 aliphatic heterocycles. The van der Waals surface area contributed by atoms with Crippen molar-refractivity contribution in [2.75, 3.05) is 6.54 Å². The highest BCUT2D eigenvalue weighted by molar-refractivity contribution is 5.35. The summed E-state index contributed by atoms with van der Waals surface area (Å²) in [5, 5.41) is 11.1. The average molecular weight is 296 g/mol. The zero-order valence-corrected chi connectivity index (χ0v) is 12.0. The second-order valence-corrected chi connectivity index (χ2v) is 4.70. The largest absolute Gasteiger partial charge is 0.434 e. The van der Waals surface area contributed by atoms with Gasteiger partial charge in [-0.25, -0.2) is 0 Å². The SMILES string of the molecule is CC(NCCc1nncn1C)c1ccccc1OC(F)F. The quantitative estimate of drug-likeness (QED) is 0.852. The van der Waals surface area contributed by atoms with E-state index in [0.717, 1.165) is 5.82 Å². The Morgan fingerprint density at radius 3 is 2.76 bits per heavy atom. The van der Waals surface area contributed by atoms with Crippen LogP contribution >= 0.6 is 0 Å². The Labute approximate surface area is 121 Å². The van der Waals surface area contributed by atoms with Gasteiger partial charge in [-0.3, -0.25) is 0 Å². The van der Waals surface area contributed by atoms with Crippen LogP contribution in [0.25, 0.3) is 0 Å². The van der Waals surface area contributed by atoms with Crippen molar-refractivity contribution in [2.45, 2.75) is 26.0 Å². The molecule has 0 radical (unpaired) electrons. The summed E-state index contributed by atoms with van der Waals surface area (Å²) in [5.74, 6) is 1.07. The van der Waals surface area contributed by atoms with E-state index < -0.39 is 6.61 Å². The second kappa shape index (κ2) is 7.12. The molecule has 0 aliphatic carbocycles. The first-order chi connectivity index (χ1) is 10.1. The molecule has 2 aromatic rings. The van der Waals surface area contributed by atoms with Gasteiger partial charge in [0.25, 0.3) is 0 Å². The number of ether oxygens (including phenoxy) is 1. The third kappa shape index (κ3) is 4.22. The molecule has 114 valence electrons. The lowest BCUT2D eigenvalue weighted by atomic mass is 10.1. The van der Waals surface area contributed by atoms with Crippen LogP contribution in [0.3, 0.4) is 0 Å². The fraction of sp³-hybridized carbons (Fsp3) is 0.429. The molecule has 0 aliphatic rings. The van der Waals surface area contributed by atoms with Crippen LogP contribution in [0.1, 0.15) is 24.4 Å². The molecule has 1 N–H and O–H groups in total. The normalized spacial score (nSPS) is 12.6. The molecule has 0 saturated carbocycles. The Bertz CT molecular complexity index is 574. The van der Waals surface area contributed by atoms with E-state index in [1.54, 1.807) is 30.6 Å². The Morgan fingerprint density at radius 1 is 1.33 bits per heavy atom. The number of rotatable bonds is 7. The summed E-state index contributed by atoms with van der Waals surface area (Å²) in [5.41, 5.74) is 0.704. The zero-order valence-electron chi connectivity index (χ0n) is 12.0. The van der Waals surface area contributed by atoms with Gasteiger partial charge in [-0.1, -0.05) is 18.2 Å². The number of hydrogen-bond acceptors (Lipinski definition) is 4. The van der Waals surface area contributed by atoms with E-state index in [9.17, 15) is 8.78 Å². The smallest absolute Gasteiger partial charge is 0.387 e. The lowest BCUT2D eigenvalue weighted by Crippen LogP contribution is -2.23. The Morgan fingerprint density at radius 2 is 2.10 bits per heavy atom. The maximum atomic E-state index is 12.4. The summed E-state index contributed by atoms with van der Waals surface area (Å²) in [7, 11) is 1.88. The first-order valence-corrected chi connectivity index (χ1v) is 6.68. The van der Waals surface area contributed by atoms with Crippen molar-refractivity contribution in [2.24, 2.45) is 7.05 Å². The molecule has 1 unspecified atom stereocenters. The van der Waals surface area contributed by atoms with Gasteiger partial charge >= 0.3 is 6.61 Å². The van der Waals surface area contributed by atoms with Crippen LogP contribution in [-0.2, 0) is 13.5 Å². The van der Waals surface area contributed by atoms with Crippen LogP contribution in [-0.4, -0.2) is 27.9 Å². The van der Waals surface area contributed by atoms with Crippen LogP contribution in [0.2, 0.25) is 0 Å². The minimum absolute atomic E-state index is 0.104. The van der Waals surface area contributed by atoms with Gasteiger partial charge in [-0.2, -0.15) is 8.78 Å². The van der Waals surface area contributed by atoms with E-state index in [2.05, 4.69) is 20.3 Å². The van der Waals surface area contributed by atoms with Gasteiger partial charge in [0.1, 0.15) is 17.9 Å². The fourth-order valence-corrected chi connectivity index (χ4v) is 2.09. The maximum absolute atomic E-state index is 12.4. The van der Waals surface area contributed by atoms with Gasteiger partial charge in [0.05, 0.1) is 0 Å². The monoisotopic (exact) mass is 296 g/mol. The van der Waals surface area contributed by atoms with Crippen molar-refractivity contribution in [3.05, 3.63) is 42.0 Å². The lowest BCUT2D eigenvalue weighted by molar-refractivity contribution is -0.0506. The number of hydrogen-bond donors (Lipinski definition) is 1. The predicted molar refractivity (Wildman–Crippen MR) is 74.2 cm³/mol. The van der Waals surface area contributed by atoms with Crippen LogP contribution in [0.5, 0.6) is 5.75 Å². The zero-order chi connectivity index (χ0) is 15.2. The number of para-hydroxylation sites is 1. The first kappa shape index (κ1) is 15.4. The summed E-state index contributed by atoms with van der Waals surface area (Å²) in [4.78, 5) is 0. The summed E-state index contributed by atoms with van der Waals surface area (Å²) in [6.45, 7) is -0.252. The Kier molecular flexibility index (Phi) is 5.21. The first-order valence-electron chi connectivity index (χ1n) is 6.68. The highest BCUT2D eigenvalue weighted by atomic mass is 19.3. The third-order valence-electron chi connectivity index (χ3n) is 3.21. The van der Waals surface area contributed by atoms with Crippen molar-refractivity contribution in [1.82, 2.24) is 20.1 Å². The summed E-state index contributed by atoms with van der Waals surface area (Å²) >= 11 is 0. The topological polar surface area (TPSA) is 52.0 Å². The van der Waals surface area contributed by atoms with E-state index in [1.165, 1.54) is 0 Å². The molecule has 0 fully saturated rings. The molecule has 0 saturated heterocycles. The maximum Gasteiger partial charge on any atom is 0.387 e. The van der Waals surface area contributed by atoms with Crippen molar-refractivity contribution < 1.29 is 13.5 Å². The van der Waals surface area contributed by atoms with Crippen molar-refractivity contribution in [3.63, 3.8) is 0 Å². The fourth-order valence-electron chi connectivity index (χ4n) is 2.09. The summed E-state index contributed by atoms with van der Waals surface area (Å²) in [6.07, 6.45) is 2.35. The van der Waals surface area contributed by atoms with Crippen molar-refractivity contribution in [3.8, 4) is 5.75 Å². The number of halogens is 2. The molecular formula is C14H18F2N4O. The molecule has 0 bridgehead atoms. The Balaban J connectivity index is 1.94. The molecule has 7 heteroatoms. The number of nitrogens with zero attached hydrogens (tertiary/aromatic N) is 3. The average Bonchev–Trinajstić information content (AvgIpc) is 2.84. The minimum Gasteiger partial charge on any atom is -0.434 e. The number of alkyl halides is 2. The molecule has 1 atom stereocenters. The summed E-state index contributed by atoms with van der Waals surface area (Å²) in [6, 6.07) is 6.69. The van der Waals surface area contributed by atoms with E-state index in [1.807, 2.05) is 18.5 Å². The van der Waals surface area contributed by atoms with E-state index >= 15 is 0 Å². The van der Waals surface area contributed by atoms with Crippen molar-refractivity contribution >= 4 is 0 Å². The number of aromatic nitrogens is 3. The molecule has 21 heavy (non-hydrogen) atoms. The van der Waals surface area contributed by atoms with Gasteiger partial charge in [-0.15, -0.1) is 10.2 Å². The molecule has 1 aromatic carbocycles. The van der Waals surface area contributed by atoms with Crippen LogP contribution in [0.15, 0.2) is 30.6 Å². The third-order valence-corrected chi connectivity index (χ3v) is 3.21. The lowest BCUT2D eigenvalue weighted by Gasteiger charge is -2.17. The van der Waals surface area contributed by atoms with Gasteiger partial charge < -0.3 is 14.6 Å². The van der Waals surface area contributed by atoms with Gasteiger partial charge in [0.15, 0.2) is 0 Å². The van der Waals surface area contributed by atoms with E-state index in [-0.39, 0.29) is 11.8 Å². The van der Waals surface area contributed by atoms with Crippen LogP contribution in [0.4, 0.5) is 8.78 Å². The molecule has 1 heterocycles. The van der Waals surface area contributed by atoms with Gasteiger partial charge in [-0.05, 0) is 13.0 Å². The second-order valence-electron chi connectivity index (χ2n) is 4.70. The van der Waals surface area contributed by atoms with Crippen LogP contribution < -0.4 is 10.1 Å². The van der Waals surface area contributed by atoms with E-state index in [4.69, 9.17) is 0 Å². The van der Waals surface area contributed by atoms with E-state index in [0.29, 0.717) is 18.5 Å². The van der Waals surface area contributed by atoms with Crippen molar-refractivity contribution in [1.29, 1.82) is 0 Å². The predicted octanol–water partition coefficient (Wildman–Crippen LogP) is 2.31. The number of benzene rings is 1. The molecule has 0 amide bonds. The highest BCUT2D eigenvalue weighted by Gasteiger charge is 2.14. The highest BCUT2D eigenvalue weighted by Crippen LogP contribution is 2.26. The standard InChI is InChI=1S/C14H18F2N4O/c1-10(17-8-7-13-19-18-9-20(13)2)11-5-3-4-6-12(11)21-14(15)16/h3-6,9-10,14,17H,7-8H2,1-2H3. The molecular weight excluding hydrogens is 278 g/mol. The molecule has 0 spiro atoms. The molecule has 1 aromatic heterocycles. The Hall–Kier alpha value is -2.02. The number of nitrogens with one attached hydrogen (secondary N) is 1. The minimum atomic E-state index is -2.82. The van der Waals surface area contributed by atoms with Crippen LogP contribution in [0, 0.1) is 0 Å². The molecule has 5 nitrogen and oxygen atoms in total.